The number of carbonyl (C=O) groups excluding carboxylic acids is 2. The first-order valence-electron chi connectivity index (χ1n) is 6.17. The van der Waals surface area contributed by atoms with E-state index in [0.717, 1.165) is 5.56 Å². The average molecular weight is 266 g/mol. The summed E-state index contributed by atoms with van der Waals surface area (Å²) in [6, 6.07) is -0.757. The van der Waals surface area contributed by atoms with Crippen molar-refractivity contribution in [1.82, 2.24) is 10.2 Å². The van der Waals surface area contributed by atoms with E-state index in [-0.39, 0.29) is 23.9 Å². The van der Waals surface area contributed by atoms with Crippen molar-refractivity contribution < 1.29 is 9.59 Å². The summed E-state index contributed by atoms with van der Waals surface area (Å²) in [6.45, 7) is 6.25. The Labute approximate surface area is 111 Å². The van der Waals surface area contributed by atoms with Gasteiger partial charge in [0.15, 0.2) is 0 Å². The Morgan fingerprint density at radius 2 is 2.11 bits per heavy atom. The van der Waals surface area contributed by atoms with Crippen molar-refractivity contribution in [2.45, 2.75) is 45.8 Å². The molecule has 0 bridgehead atoms. The van der Waals surface area contributed by atoms with Crippen molar-refractivity contribution in [3.05, 3.63) is 21.9 Å². The molecule has 1 N–H and O–H groups in total. The lowest BCUT2D eigenvalue weighted by atomic mass is 10.0. The first-order chi connectivity index (χ1) is 8.54. The van der Waals surface area contributed by atoms with Gasteiger partial charge in [-0.05, 0) is 42.2 Å². The van der Waals surface area contributed by atoms with E-state index in [0.29, 0.717) is 13.0 Å². The van der Waals surface area contributed by atoms with E-state index in [9.17, 15) is 9.59 Å². The van der Waals surface area contributed by atoms with Crippen LogP contribution in [0.4, 0.5) is 0 Å². The van der Waals surface area contributed by atoms with E-state index in [2.05, 4.69) is 10.7 Å². The first kappa shape index (κ1) is 13.1. The lowest BCUT2D eigenvalue weighted by molar-refractivity contribution is -0.149. The normalized spacial score (nSPS) is 24.3. The predicted molar refractivity (Wildman–Crippen MR) is 71.3 cm³/mol. The Bertz CT molecular complexity index is 469. The van der Waals surface area contributed by atoms with Crippen molar-refractivity contribution in [2.24, 2.45) is 0 Å². The zero-order chi connectivity index (χ0) is 13.3. The summed E-state index contributed by atoms with van der Waals surface area (Å²) in [6.07, 6.45) is 0.635. The van der Waals surface area contributed by atoms with Gasteiger partial charge in [0.25, 0.3) is 0 Å². The molecule has 1 fully saturated rings. The van der Waals surface area contributed by atoms with Crippen LogP contribution in [0.25, 0.3) is 0 Å². The fourth-order valence-electron chi connectivity index (χ4n) is 2.11. The second-order valence-corrected chi connectivity index (χ2v) is 5.44. The molecule has 1 aromatic rings. The van der Waals surface area contributed by atoms with Gasteiger partial charge in [-0.1, -0.05) is 6.92 Å². The molecule has 1 saturated heterocycles. The molecule has 2 unspecified atom stereocenters. The number of carbonyl (C=O) groups is 2. The molecule has 1 aromatic heterocycles. The summed E-state index contributed by atoms with van der Waals surface area (Å²) in [5.41, 5.74) is 2.31. The molecule has 0 radical (unpaired) electrons. The van der Waals surface area contributed by atoms with Crippen LogP contribution < -0.4 is 5.32 Å². The zero-order valence-corrected chi connectivity index (χ0v) is 11.7. The van der Waals surface area contributed by atoms with Gasteiger partial charge in [0.1, 0.15) is 12.1 Å². The van der Waals surface area contributed by atoms with Crippen molar-refractivity contribution in [2.75, 3.05) is 0 Å². The Morgan fingerprint density at radius 3 is 2.67 bits per heavy atom. The summed E-state index contributed by atoms with van der Waals surface area (Å²) < 4.78 is 0. The molecule has 0 saturated carbocycles. The number of thiophene rings is 1. The van der Waals surface area contributed by atoms with Crippen LogP contribution >= 0.6 is 11.3 Å². The minimum Gasteiger partial charge on any atom is -0.343 e. The molecule has 1 aliphatic rings. The SMILES string of the molecule is CCC1NC(=O)C(C)N(Cc2cscc2C)C1=O. The zero-order valence-electron chi connectivity index (χ0n) is 10.9. The highest BCUT2D eigenvalue weighted by molar-refractivity contribution is 7.08. The minimum atomic E-state index is -0.389. The number of piperazine rings is 1. The molecule has 2 atom stereocenters. The smallest absolute Gasteiger partial charge is 0.246 e. The van der Waals surface area contributed by atoms with Gasteiger partial charge >= 0.3 is 0 Å². The molecule has 4 nitrogen and oxygen atoms in total. The van der Waals surface area contributed by atoms with Crippen LogP contribution in [0.2, 0.25) is 0 Å². The molecule has 0 spiro atoms. The van der Waals surface area contributed by atoms with Crippen LogP contribution in [0, 0.1) is 6.92 Å². The third-order valence-electron chi connectivity index (χ3n) is 3.46. The number of aryl methyl sites for hydroxylation is 1. The van der Waals surface area contributed by atoms with Crippen LogP contribution in [-0.2, 0) is 16.1 Å². The van der Waals surface area contributed by atoms with Gasteiger partial charge in [0, 0.05) is 6.54 Å². The molecule has 0 aromatic carbocycles. The van der Waals surface area contributed by atoms with Crippen LogP contribution in [0.15, 0.2) is 10.8 Å². The highest BCUT2D eigenvalue weighted by Gasteiger charge is 2.37. The second kappa shape index (κ2) is 5.10. The van der Waals surface area contributed by atoms with Gasteiger partial charge in [0.2, 0.25) is 11.8 Å². The van der Waals surface area contributed by atoms with E-state index in [1.165, 1.54) is 5.56 Å². The molecular weight excluding hydrogens is 248 g/mol. The maximum atomic E-state index is 12.3. The van der Waals surface area contributed by atoms with Crippen molar-refractivity contribution >= 4 is 23.2 Å². The van der Waals surface area contributed by atoms with Crippen LogP contribution in [0.1, 0.15) is 31.4 Å². The number of nitrogens with one attached hydrogen (secondary N) is 1. The molecule has 2 rings (SSSR count). The highest BCUT2D eigenvalue weighted by Crippen LogP contribution is 2.20. The summed E-state index contributed by atoms with van der Waals surface area (Å²) in [7, 11) is 0. The monoisotopic (exact) mass is 266 g/mol. The van der Waals surface area contributed by atoms with Gasteiger partial charge in [0.05, 0.1) is 0 Å². The summed E-state index contributed by atoms with van der Waals surface area (Å²) >= 11 is 1.63. The van der Waals surface area contributed by atoms with Gasteiger partial charge in [-0.15, -0.1) is 0 Å². The lowest BCUT2D eigenvalue weighted by Gasteiger charge is -2.37. The Kier molecular flexibility index (Phi) is 3.71. The van der Waals surface area contributed by atoms with Gasteiger partial charge in [-0.2, -0.15) is 11.3 Å². The molecule has 5 heteroatoms. The summed E-state index contributed by atoms with van der Waals surface area (Å²) in [4.78, 5) is 25.8. The van der Waals surface area contributed by atoms with E-state index in [1.807, 2.05) is 19.2 Å². The fraction of sp³-hybridized carbons (Fsp3) is 0.538. The van der Waals surface area contributed by atoms with Gasteiger partial charge in [-0.25, -0.2) is 0 Å². The maximum Gasteiger partial charge on any atom is 0.246 e. The number of hydrogen-bond donors (Lipinski definition) is 1. The van der Waals surface area contributed by atoms with Crippen LogP contribution in [0.5, 0.6) is 0 Å². The third-order valence-corrected chi connectivity index (χ3v) is 4.37. The molecule has 2 heterocycles. The molecule has 0 aliphatic carbocycles. The van der Waals surface area contributed by atoms with E-state index in [1.54, 1.807) is 23.2 Å². The standard InChI is InChI=1S/C13H18N2O2S/c1-4-11-13(17)15(9(3)12(16)14-11)5-10-7-18-6-8(10)2/h6-7,9,11H,4-5H2,1-3H3,(H,14,16). The lowest BCUT2D eigenvalue weighted by Crippen LogP contribution is -2.61. The van der Waals surface area contributed by atoms with E-state index in [4.69, 9.17) is 0 Å². The first-order valence-corrected chi connectivity index (χ1v) is 7.11. The minimum absolute atomic E-state index is 0.0233. The molecule has 18 heavy (non-hydrogen) atoms. The number of hydrogen-bond acceptors (Lipinski definition) is 3. The fourth-order valence-corrected chi connectivity index (χ4v) is 2.96. The number of rotatable bonds is 3. The predicted octanol–water partition coefficient (Wildman–Crippen LogP) is 1.68. The van der Waals surface area contributed by atoms with E-state index >= 15 is 0 Å². The molecule has 1 aliphatic heterocycles. The Hall–Kier alpha value is -1.36. The topological polar surface area (TPSA) is 49.4 Å². The van der Waals surface area contributed by atoms with E-state index < -0.39 is 0 Å². The largest absolute Gasteiger partial charge is 0.343 e. The van der Waals surface area contributed by atoms with Crippen LogP contribution in [-0.4, -0.2) is 28.8 Å². The number of nitrogens with zero attached hydrogens (tertiary/aromatic N) is 1. The third kappa shape index (κ3) is 2.27. The number of amides is 2. The molecular formula is C13H18N2O2S. The van der Waals surface area contributed by atoms with Crippen molar-refractivity contribution in [3.63, 3.8) is 0 Å². The second-order valence-electron chi connectivity index (χ2n) is 4.69. The highest BCUT2D eigenvalue weighted by atomic mass is 32.1. The average Bonchev–Trinajstić information content (AvgIpc) is 2.75. The quantitative estimate of drug-likeness (QED) is 0.905. The van der Waals surface area contributed by atoms with Gasteiger partial charge < -0.3 is 10.2 Å². The van der Waals surface area contributed by atoms with Gasteiger partial charge in [-0.3, -0.25) is 9.59 Å². The Morgan fingerprint density at radius 1 is 1.39 bits per heavy atom. The summed E-state index contributed by atoms with van der Waals surface area (Å²) in [5, 5.41) is 6.87. The van der Waals surface area contributed by atoms with Crippen molar-refractivity contribution in [3.8, 4) is 0 Å². The molecule has 2 amide bonds. The molecule has 98 valence electrons. The van der Waals surface area contributed by atoms with Crippen molar-refractivity contribution in [1.29, 1.82) is 0 Å². The Balaban J connectivity index is 2.21. The maximum absolute atomic E-state index is 12.3. The van der Waals surface area contributed by atoms with Crippen LogP contribution in [0.3, 0.4) is 0 Å². The summed E-state index contributed by atoms with van der Waals surface area (Å²) in [5.74, 6) is -0.0375.